The molecule has 0 radical (unpaired) electrons. The van der Waals surface area contributed by atoms with Crippen molar-refractivity contribution in [2.24, 2.45) is 10.2 Å². The SMILES string of the molecule is COc1cccc(N=Nc2c(=O)[nH]n3c(=O)cc(C)[nH]c23)c1. The fourth-order valence-corrected chi connectivity index (χ4v) is 2.05. The summed E-state index contributed by atoms with van der Waals surface area (Å²) in [5, 5.41) is 10.4. The van der Waals surface area contributed by atoms with E-state index in [1.165, 1.54) is 6.07 Å². The lowest BCUT2D eigenvalue weighted by Crippen LogP contribution is -2.15. The summed E-state index contributed by atoms with van der Waals surface area (Å²) in [4.78, 5) is 26.7. The van der Waals surface area contributed by atoms with Crippen LogP contribution in [0.4, 0.5) is 11.4 Å². The molecule has 0 atom stereocenters. The monoisotopic (exact) mass is 299 g/mol. The summed E-state index contributed by atoms with van der Waals surface area (Å²) in [7, 11) is 1.55. The van der Waals surface area contributed by atoms with Crippen LogP contribution in [-0.2, 0) is 0 Å². The highest BCUT2D eigenvalue weighted by Crippen LogP contribution is 2.22. The van der Waals surface area contributed by atoms with E-state index >= 15 is 0 Å². The van der Waals surface area contributed by atoms with Gasteiger partial charge in [-0.25, -0.2) is 0 Å². The van der Waals surface area contributed by atoms with Gasteiger partial charge >= 0.3 is 0 Å². The molecule has 0 unspecified atom stereocenters. The maximum atomic E-state index is 11.9. The van der Waals surface area contributed by atoms with E-state index < -0.39 is 5.56 Å². The van der Waals surface area contributed by atoms with E-state index in [1.807, 2.05) is 0 Å². The largest absolute Gasteiger partial charge is 0.497 e. The molecule has 3 rings (SSSR count). The quantitative estimate of drug-likeness (QED) is 0.723. The van der Waals surface area contributed by atoms with Crippen molar-refractivity contribution in [3.63, 3.8) is 0 Å². The molecule has 0 spiro atoms. The van der Waals surface area contributed by atoms with E-state index in [0.717, 1.165) is 4.52 Å². The highest BCUT2D eigenvalue weighted by atomic mass is 16.5. The molecule has 0 amide bonds. The van der Waals surface area contributed by atoms with Gasteiger partial charge in [-0.2, -0.15) is 9.63 Å². The van der Waals surface area contributed by atoms with Gasteiger partial charge in [0, 0.05) is 17.8 Å². The summed E-state index contributed by atoms with van der Waals surface area (Å²) >= 11 is 0. The van der Waals surface area contributed by atoms with Gasteiger partial charge in [-0.15, -0.1) is 5.11 Å². The molecule has 0 saturated heterocycles. The van der Waals surface area contributed by atoms with Gasteiger partial charge in [-0.1, -0.05) is 6.07 Å². The molecule has 2 N–H and O–H groups in total. The van der Waals surface area contributed by atoms with E-state index in [0.29, 0.717) is 17.1 Å². The first-order valence-electron chi connectivity index (χ1n) is 6.49. The highest BCUT2D eigenvalue weighted by molar-refractivity contribution is 5.62. The minimum Gasteiger partial charge on any atom is -0.497 e. The average molecular weight is 299 g/mol. The zero-order chi connectivity index (χ0) is 15.7. The van der Waals surface area contributed by atoms with Gasteiger partial charge < -0.3 is 9.72 Å². The third kappa shape index (κ3) is 2.41. The molecule has 112 valence electrons. The Kier molecular flexibility index (Phi) is 3.34. The zero-order valence-corrected chi connectivity index (χ0v) is 12.0. The number of aromatic nitrogens is 3. The number of aromatic amines is 2. The normalized spacial score (nSPS) is 11.4. The molecule has 2 aromatic heterocycles. The maximum Gasteiger partial charge on any atom is 0.294 e. The molecule has 22 heavy (non-hydrogen) atoms. The van der Waals surface area contributed by atoms with Crippen molar-refractivity contribution in [2.45, 2.75) is 6.92 Å². The number of azo groups is 1. The molecule has 0 aliphatic carbocycles. The molecule has 0 bridgehead atoms. The summed E-state index contributed by atoms with van der Waals surface area (Å²) in [5.41, 5.74) is 0.650. The number of hydrogen-bond acceptors (Lipinski definition) is 5. The maximum absolute atomic E-state index is 11.9. The topological polar surface area (TPSA) is 104 Å². The van der Waals surface area contributed by atoms with Crippen LogP contribution in [0.2, 0.25) is 0 Å². The van der Waals surface area contributed by atoms with Gasteiger partial charge in [0.25, 0.3) is 11.1 Å². The Morgan fingerprint density at radius 3 is 2.77 bits per heavy atom. The summed E-state index contributed by atoms with van der Waals surface area (Å²) in [6.07, 6.45) is 0. The van der Waals surface area contributed by atoms with Crippen molar-refractivity contribution < 1.29 is 4.74 Å². The van der Waals surface area contributed by atoms with Gasteiger partial charge in [0.15, 0.2) is 11.3 Å². The Bertz CT molecular complexity index is 980. The van der Waals surface area contributed by atoms with Gasteiger partial charge in [0.1, 0.15) is 5.75 Å². The van der Waals surface area contributed by atoms with Crippen LogP contribution in [0.5, 0.6) is 5.75 Å². The van der Waals surface area contributed by atoms with Crippen LogP contribution in [0, 0.1) is 6.92 Å². The molecule has 8 nitrogen and oxygen atoms in total. The number of rotatable bonds is 3. The number of fused-ring (bicyclic) bond motifs is 1. The number of benzene rings is 1. The van der Waals surface area contributed by atoms with Crippen LogP contribution in [0.1, 0.15) is 5.69 Å². The zero-order valence-electron chi connectivity index (χ0n) is 12.0. The van der Waals surface area contributed by atoms with Gasteiger partial charge in [0.2, 0.25) is 0 Å². The number of methoxy groups -OCH3 is 1. The molecule has 0 saturated carbocycles. The molecular formula is C14H13N5O3. The average Bonchev–Trinajstić information content (AvgIpc) is 2.81. The first-order valence-corrected chi connectivity index (χ1v) is 6.49. The molecule has 3 aromatic rings. The minimum absolute atomic E-state index is 0.0450. The number of hydrogen-bond donors (Lipinski definition) is 2. The Balaban J connectivity index is 2.10. The number of nitrogens with one attached hydrogen (secondary N) is 2. The Labute approximate surface area is 124 Å². The lowest BCUT2D eigenvalue weighted by atomic mass is 10.3. The fraction of sp³-hybridized carbons (Fsp3) is 0.143. The van der Waals surface area contributed by atoms with Crippen LogP contribution < -0.4 is 15.9 Å². The third-order valence-corrected chi connectivity index (χ3v) is 3.07. The fourth-order valence-electron chi connectivity index (χ4n) is 2.05. The van der Waals surface area contributed by atoms with E-state index in [-0.39, 0.29) is 16.9 Å². The number of H-pyrrole nitrogens is 2. The Morgan fingerprint density at radius 2 is 2.00 bits per heavy atom. The van der Waals surface area contributed by atoms with Crippen molar-refractivity contribution >= 4 is 17.0 Å². The second kappa shape index (κ2) is 5.32. The lowest BCUT2D eigenvalue weighted by Gasteiger charge is -1.99. The van der Waals surface area contributed by atoms with Crippen molar-refractivity contribution in [2.75, 3.05) is 7.11 Å². The first-order chi connectivity index (χ1) is 10.6. The van der Waals surface area contributed by atoms with Gasteiger partial charge in [-0.05, 0) is 19.1 Å². The predicted molar refractivity (Wildman–Crippen MR) is 80.5 cm³/mol. The lowest BCUT2D eigenvalue weighted by molar-refractivity contribution is 0.415. The number of aryl methyl sites for hydroxylation is 1. The summed E-state index contributed by atoms with van der Waals surface area (Å²) in [5.74, 6) is 0.636. The minimum atomic E-state index is -0.495. The van der Waals surface area contributed by atoms with Crippen LogP contribution in [-0.4, -0.2) is 21.7 Å². The third-order valence-electron chi connectivity index (χ3n) is 3.07. The van der Waals surface area contributed by atoms with E-state index in [9.17, 15) is 9.59 Å². The van der Waals surface area contributed by atoms with Crippen molar-refractivity contribution in [3.05, 3.63) is 56.7 Å². The molecule has 0 aliphatic rings. The smallest absolute Gasteiger partial charge is 0.294 e. The summed E-state index contributed by atoms with van der Waals surface area (Å²) < 4.78 is 6.20. The molecule has 0 aliphatic heterocycles. The molecular weight excluding hydrogens is 286 g/mol. The van der Waals surface area contributed by atoms with E-state index in [2.05, 4.69) is 20.3 Å². The van der Waals surface area contributed by atoms with Crippen LogP contribution in [0.15, 0.2) is 50.1 Å². The van der Waals surface area contributed by atoms with Crippen LogP contribution in [0.25, 0.3) is 5.65 Å². The number of ether oxygens (including phenoxy) is 1. The van der Waals surface area contributed by atoms with Gasteiger partial charge in [0.05, 0.1) is 12.8 Å². The second-order valence-electron chi connectivity index (χ2n) is 4.67. The predicted octanol–water partition coefficient (Wildman–Crippen LogP) is 2.05. The highest BCUT2D eigenvalue weighted by Gasteiger charge is 2.11. The summed E-state index contributed by atoms with van der Waals surface area (Å²) in [6.45, 7) is 1.72. The second-order valence-corrected chi connectivity index (χ2v) is 4.67. The van der Waals surface area contributed by atoms with Crippen LogP contribution >= 0.6 is 0 Å². The molecule has 1 aromatic carbocycles. The van der Waals surface area contributed by atoms with Gasteiger partial charge in [-0.3, -0.25) is 14.7 Å². The van der Waals surface area contributed by atoms with E-state index in [4.69, 9.17) is 4.74 Å². The molecule has 2 heterocycles. The Hall–Kier alpha value is -3.16. The standard InChI is InChI=1S/C14H13N5O3/c1-8-6-11(20)19-13(15-8)12(14(21)18-19)17-16-9-4-3-5-10(7-9)22-2/h3-7,15H,1-2H3,(H,18,21). The van der Waals surface area contributed by atoms with Crippen molar-refractivity contribution in [3.8, 4) is 5.75 Å². The first kappa shape index (κ1) is 13.8. The molecule has 0 fully saturated rings. The molecule has 8 heteroatoms. The van der Waals surface area contributed by atoms with Crippen molar-refractivity contribution in [1.82, 2.24) is 14.6 Å². The number of nitrogens with zero attached hydrogens (tertiary/aromatic N) is 3. The van der Waals surface area contributed by atoms with E-state index in [1.54, 1.807) is 38.3 Å². The van der Waals surface area contributed by atoms with Crippen LogP contribution in [0.3, 0.4) is 0 Å². The van der Waals surface area contributed by atoms with Crippen molar-refractivity contribution in [1.29, 1.82) is 0 Å². The summed E-state index contributed by atoms with van der Waals surface area (Å²) in [6, 6.07) is 8.34. The Morgan fingerprint density at radius 1 is 1.18 bits per heavy atom.